The second kappa shape index (κ2) is 59.4. The molecule has 0 aromatic rings. The summed E-state index contributed by atoms with van der Waals surface area (Å²) in [6, 6.07) is 0. The smallest absolute Gasteiger partial charge is 0.306 e. The summed E-state index contributed by atoms with van der Waals surface area (Å²) in [5.41, 5.74) is 0. The molecule has 0 aliphatic rings. The van der Waals surface area contributed by atoms with Gasteiger partial charge < -0.3 is 14.2 Å². The number of allylic oxidation sites excluding steroid dienone is 12. The average Bonchev–Trinajstić information content (AvgIpc) is 3.37. The Morgan fingerprint density at radius 3 is 0.817 bits per heavy atom. The van der Waals surface area contributed by atoms with Crippen molar-refractivity contribution in [1.29, 1.82) is 0 Å². The number of ether oxygens (including phenoxy) is 3. The van der Waals surface area contributed by atoms with Gasteiger partial charge in [-0.3, -0.25) is 14.4 Å². The third kappa shape index (κ3) is 57.6. The van der Waals surface area contributed by atoms with Gasteiger partial charge in [0, 0.05) is 19.3 Å². The van der Waals surface area contributed by atoms with Crippen molar-refractivity contribution < 1.29 is 28.6 Å². The molecule has 410 valence electrons. The lowest BCUT2D eigenvalue weighted by molar-refractivity contribution is -0.167. The monoisotopic (exact) mass is 991 g/mol. The lowest BCUT2D eigenvalue weighted by Crippen LogP contribution is -2.30. The van der Waals surface area contributed by atoms with E-state index in [4.69, 9.17) is 14.2 Å². The molecule has 0 aromatic heterocycles. The lowest BCUT2D eigenvalue weighted by Gasteiger charge is -2.18. The molecule has 1 unspecified atom stereocenters. The van der Waals surface area contributed by atoms with Gasteiger partial charge in [-0.15, -0.1) is 0 Å². The van der Waals surface area contributed by atoms with E-state index in [1.165, 1.54) is 161 Å². The maximum Gasteiger partial charge on any atom is 0.306 e. The second-order valence-electron chi connectivity index (χ2n) is 20.3. The van der Waals surface area contributed by atoms with Crippen molar-refractivity contribution in [2.75, 3.05) is 13.2 Å². The zero-order valence-corrected chi connectivity index (χ0v) is 47.0. The summed E-state index contributed by atoms with van der Waals surface area (Å²) in [7, 11) is 0. The molecular formula is C65H114O6. The summed E-state index contributed by atoms with van der Waals surface area (Å²) in [5, 5.41) is 0. The van der Waals surface area contributed by atoms with Crippen molar-refractivity contribution in [1.82, 2.24) is 0 Å². The first-order valence-corrected chi connectivity index (χ1v) is 30.4. The van der Waals surface area contributed by atoms with Gasteiger partial charge in [-0.2, -0.15) is 0 Å². The van der Waals surface area contributed by atoms with Crippen LogP contribution in [0.25, 0.3) is 0 Å². The van der Waals surface area contributed by atoms with Crippen LogP contribution in [-0.2, 0) is 28.6 Å². The molecule has 6 heteroatoms. The molecule has 0 aliphatic heterocycles. The maximum absolute atomic E-state index is 12.9. The Kier molecular flexibility index (Phi) is 56.8. The summed E-state index contributed by atoms with van der Waals surface area (Å²) >= 11 is 0. The quantitative estimate of drug-likeness (QED) is 0.0261. The molecule has 71 heavy (non-hydrogen) atoms. The van der Waals surface area contributed by atoms with Gasteiger partial charge in [-0.05, 0) is 96.3 Å². The molecule has 1 atom stereocenters. The van der Waals surface area contributed by atoms with E-state index < -0.39 is 6.10 Å². The Hall–Kier alpha value is -3.15. The van der Waals surface area contributed by atoms with Crippen molar-refractivity contribution in [2.45, 2.75) is 309 Å². The summed E-state index contributed by atoms with van der Waals surface area (Å²) < 4.78 is 16.9. The average molecular weight is 992 g/mol. The molecule has 0 saturated heterocycles. The third-order valence-corrected chi connectivity index (χ3v) is 13.2. The van der Waals surface area contributed by atoms with E-state index in [-0.39, 0.29) is 31.1 Å². The Bertz CT molecular complexity index is 1320. The predicted molar refractivity (Wildman–Crippen MR) is 307 cm³/mol. The van der Waals surface area contributed by atoms with Crippen LogP contribution in [0.3, 0.4) is 0 Å². The number of carbonyl (C=O) groups is 3. The minimum absolute atomic E-state index is 0.0811. The maximum atomic E-state index is 12.9. The van der Waals surface area contributed by atoms with Crippen LogP contribution in [0.15, 0.2) is 72.9 Å². The van der Waals surface area contributed by atoms with Crippen molar-refractivity contribution in [3.8, 4) is 0 Å². The molecule has 0 spiro atoms. The number of hydrogen-bond acceptors (Lipinski definition) is 6. The molecule has 0 bridgehead atoms. The molecule has 0 aliphatic carbocycles. The molecule has 0 N–H and O–H groups in total. The third-order valence-electron chi connectivity index (χ3n) is 13.2. The zero-order valence-electron chi connectivity index (χ0n) is 47.0. The van der Waals surface area contributed by atoms with E-state index in [2.05, 4.69) is 93.7 Å². The standard InChI is InChI=1S/C65H114O6/c1-4-7-10-13-16-19-22-24-26-28-30-31-32-33-35-36-38-40-43-46-49-52-55-58-64(67)70-61-62(60-69-63(66)57-54-51-48-45-42-21-18-15-12-9-6-3)71-65(68)59-56-53-50-47-44-41-39-37-34-29-27-25-23-20-17-14-11-8-5-2/h17,20,22,24-25,27-28,30,32-34,37,62H,4-16,18-19,21,23,26,29,31,35-36,38-61H2,1-3H3/b20-17-,24-22-,27-25-,30-28-,33-32-,37-34-. The van der Waals surface area contributed by atoms with Crippen LogP contribution in [0.5, 0.6) is 0 Å². The molecule has 0 fully saturated rings. The van der Waals surface area contributed by atoms with E-state index >= 15 is 0 Å². The van der Waals surface area contributed by atoms with Crippen LogP contribution in [-0.4, -0.2) is 37.2 Å². The van der Waals surface area contributed by atoms with Gasteiger partial charge in [-0.25, -0.2) is 0 Å². The first-order chi connectivity index (χ1) is 35.0. The van der Waals surface area contributed by atoms with Gasteiger partial charge in [0.2, 0.25) is 0 Å². The Labute approximate surface area is 440 Å². The Morgan fingerprint density at radius 2 is 0.507 bits per heavy atom. The molecule has 0 heterocycles. The van der Waals surface area contributed by atoms with Gasteiger partial charge in [0.15, 0.2) is 6.10 Å². The van der Waals surface area contributed by atoms with E-state index in [9.17, 15) is 14.4 Å². The van der Waals surface area contributed by atoms with E-state index in [1.54, 1.807) is 0 Å². The minimum atomic E-state index is -0.784. The molecule has 0 rings (SSSR count). The van der Waals surface area contributed by atoms with E-state index in [1.807, 2.05) is 0 Å². The summed E-state index contributed by atoms with van der Waals surface area (Å²) in [5.74, 6) is -0.891. The summed E-state index contributed by atoms with van der Waals surface area (Å²) in [6.07, 6.45) is 76.1. The normalized spacial score (nSPS) is 12.5. The van der Waals surface area contributed by atoms with Crippen LogP contribution in [0.4, 0.5) is 0 Å². The molecule has 0 radical (unpaired) electrons. The highest BCUT2D eigenvalue weighted by atomic mass is 16.6. The molecule has 0 aromatic carbocycles. The van der Waals surface area contributed by atoms with E-state index in [0.717, 1.165) is 103 Å². The topological polar surface area (TPSA) is 78.9 Å². The lowest BCUT2D eigenvalue weighted by atomic mass is 10.1. The number of hydrogen-bond donors (Lipinski definition) is 0. The van der Waals surface area contributed by atoms with Gasteiger partial charge >= 0.3 is 17.9 Å². The van der Waals surface area contributed by atoms with Gasteiger partial charge in [-0.1, -0.05) is 261 Å². The van der Waals surface area contributed by atoms with Gasteiger partial charge in [0.1, 0.15) is 13.2 Å². The largest absolute Gasteiger partial charge is 0.462 e. The first kappa shape index (κ1) is 67.8. The van der Waals surface area contributed by atoms with Gasteiger partial charge in [0.05, 0.1) is 0 Å². The van der Waals surface area contributed by atoms with Crippen molar-refractivity contribution in [3.05, 3.63) is 72.9 Å². The highest BCUT2D eigenvalue weighted by Crippen LogP contribution is 2.15. The van der Waals surface area contributed by atoms with Crippen LogP contribution in [0.2, 0.25) is 0 Å². The van der Waals surface area contributed by atoms with E-state index in [0.29, 0.717) is 19.3 Å². The number of carbonyl (C=O) groups excluding carboxylic acids is 3. The SMILES string of the molecule is CCCCC/C=C\C/C=C\C/C=C\CCCCCCCCC(=O)OC(COC(=O)CCCCCCCCCC/C=C\C/C=C\C/C=C\CCCCCCC)COC(=O)CCCCCCCCCCCCC. The Morgan fingerprint density at radius 1 is 0.282 bits per heavy atom. The van der Waals surface area contributed by atoms with Crippen molar-refractivity contribution >= 4 is 17.9 Å². The molecular weight excluding hydrogens is 877 g/mol. The fourth-order valence-corrected chi connectivity index (χ4v) is 8.57. The minimum Gasteiger partial charge on any atom is -0.462 e. The zero-order chi connectivity index (χ0) is 51.4. The number of rotatable bonds is 55. The number of esters is 3. The predicted octanol–water partition coefficient (Wildman–Crippen LogP) is 20.5. The number of unbranched alkanes of at least 4 members (excludes halogenated alkanes) is 32. The molecule has 0 saturated carbocycles. The van der Waals surface area contributed by atoms with Crippen LogP contribution >= 0.6 is 0 Å². The molecule has 6 nitrogen and oxygen atoms in total. The fraction of sp³-hybridized carbons (Fsp3) is 0.769. The second-order valence-corrected chi connectivity index (χ2v) is 20.3. The van der Waals surface area contributed by atoms with Crippen LogP contribution in [0, 0.1) is 0 Å². The summed E-state index contributed by atoms with van der Waals surface area (Å²) in [4.78, 5) is 38.2. The van der Waals surface area contributed by atoms with Crippen molar-refractivity contribution in [2.24, 2.45) is 0 Å². The molecule has 0 amide bonds. The summed E-state index contributed by atoms with van der Waals surface area (Å²) in [6.45, 7) is 6.60. The van der Waals surface area contributed by atoms with Crippen LogP contribution < -0.4 is 0 Å². The first-order valence-electron chi connectivity index (χ1n) is 30.4. The Balaban J connectivity index is 4.34. The van der Waals surface area contributed by atoms with Gasteiger partial charge in [0.25, 0.3) is 0 Å². The fourth-order valence-electron chi connectivity index (χ4n) is 8.57. The van der Waals surface area contributed by atoms with Crippen LogP contribution in [0.1, 0.15) is 303 Å². The highest BCUT2D eigenvalue weighted by molar-refractivity contribution is 5.71. The highest BCUT2D eigenvalue weighted by Gasteiger charge is 2.19. The van der Waals surface area contributed by atoms with Crippen molar-refractivity contribution in [3.63, 3.8) is 0 Å².